The molecule has 0 bridgehead atoms. The Morgan fingerprint density at radius 2 is 1.83 bits per heavy atom. The molecule has 1 atom stereocenters. The van der Waals surface area contributed by atoms with Crippen LogP contribution in [0.1, 0.15) is 28.8 Å². The van der Waals surface area contributed by atoms with Gasteiger partial charge in [0, 0.05) is 30.1 Å². The second-order valence-corrected chi connectivity index (χ2v) is 7.06. The Bertz CT molecular complexity index is 1070. The maximum absolute atomic E-state index is 12.4. The third kappa shape index (κ3) is 4.13. The summed E-state index contributed by atoms with van der Waals surface area (Å²) in [7, 11) is 0. The zero-order chi connectivity index (χ0) is 20.2. The van der Waals surface area contributed by atoms with E-state index < -0.39 is 6.04 Å². The SMILES string of the molecule is O=C(CC[C@@H]1NC(=O)c2ccccc2NC1=O)NCCc1c[nH]c2ccccc12. The van der Waals surface area contributed by atoms with Gasteiger partial charge in [0.25, 0.3) is 5.91 Å². The van der Waals surface area contributed by atoms with Crippen LogP contribution in [-0.2, 0) is 16.0 Å². The van der Waals surface area contributed by atoms with E-state index in [4.69, 9.17) is 0 Å². The van der Waals surface area contributed by atoms with Crippen molar-refractivity contribution in [3.05, 3.63) is 65.9 Å². The largest absolute Gasteiger partial charge is 0.361 e. The van der Waals surface area contributed by atoms with Gasteiger partial charge in [-0.15, -0.1) is 0 Å². The zero-order valence-electron chi connectivity index (χ0n) is 15.8. The predicted octanol–water partition coefficient (Wildman–Crippen LogP) is 2.36. The van der Waals surface area contributed by atoms with E-state index in [1.165, 1.54) is 0 Å². The second kappa shape index (κ2) is 8.18. The van der Waals surface area contributed by atoms with Crippen molar-refractivity contribution in [1.29, 1.82) is 0 Å². The summed E-state index contributed by atoms with van der Waals surface area (Å²) < 4.78 is 0. The van der Waals surface area contributed by atoms with Gasteiger partial charge in [-0.3, -0.25) is 14.4 Å². The Balaban J connectivity index is 1.27. The van der Waals surface area contributed by atoms with Crippen molar-refractivity contribution in [1.82, 2.24) is 15.6 Å². The first-order valence-electron chi connectivity index (χ1n) is 9.64. The number of para-hydroxylation sites is 2. The van der Waals surface area contributed by atoms with Crippen molar-refractivity contribution in [2.45, 2.75) is 25.3 Å². The molecule has 0 unspecified atom stereocenters. The van der Waals surface area contributed by atoms with Crippen LogP contribution in [0.5, 0.6) is 0 Å². The molecular weight excluding hydrogens is 368 g/mol. The zero-order valence-corrected chi connectivity index (χ0v) is 15.8. The Labute approximate surface area is 167 Å². The third-order valence-corrected chi connectivity index (χ3v) is 5.10. The van der Waals surface area contributed by atoms with E-state index in [0.717, 1.165) is 16.5 Å². The minimum absolute atomic E-state index is 0.145. The van der Waals surface area contributed by atoms with Gasteiger partial charge < -0.3 is 20.9 Å². The molecule has 0 radical (unpaired) electrons. The molecule has 29 heavy (non-hydrogen) atoms. The van der Waals surface area contributed by atoms with Crippen LogP contribution in [0.15, 0.2) is 54.7 Å². The quantitative estimate of drug-likeness (QED) is 0.519. The molecule has 4 N–H and O–H groups in total. The van der Waals surface area contributed by atoms with E-state index in [-0.39, 0.29) is 30.6 Å². The maximum Gasteiger partial charge on any atom is 0.254 e. The summed E-state index contributed by atoms with van der Waals surface area (Å²) >= 11 is 0. The van der Waals surface area contributed by atoms with Gasteiger partial charge in [0.15, 0.2) is 0 Å². The van der Waals surface area contributed by atoms with Crippen molar-refractivity contribution in [3.63, 3.8) is 0 Å². The number of anilines is 1. The number of amides is 3. The summed E-state index contributed by atoms with van der Waals surface area (Å²) in [5.74, 6) is -0.771. The molecule has 7 heteroatoms. The van der Waals surface area contributed by atoms with E-state index in [9.17, 15) is 14.4 Å². The third-order valence-electron chi connectivity index (χ3n) is 5.10. The monoisotopic (exact) mass is 390 g/mol. The number of fused-ring (bicyclic) bond motifs is 2. The van der Waals surface area contributed by atoms with E-state index >= 15 is 0 Å². The molecule has 3 aromatic rings. The molecule has 0 saturated heterocycles. The normalized spacial score (nSPS) is 15.9. The summed E-state index contributed by atoms with van der Waals surface area (Å²) in [6, 6.07) is 14.1. The molecule has 1 aliphatic rings. The molecule has 4 rings (SSSR count). The topological polar surface area (TPSA) is 103 Å². The number of nitrogens with one attached hydrogen (secondary N) is 4. The summed E-state index contributed by atoms with van der Waals surface area (Å²) in [5.41, 5.74) is 3.13. The van der Waals surface area contributed by atoms with Gasteiger partial charge in [-0.05, 0) is 36.6 Å². The maximum atomic E-state index is 12.4. The van der Waals surface area contributed by atoms with Crippen molar-refractivity contribution >= 4 is 34.3 Å². The van der Waals surface area contributed by atoms with Crippen LogP contribution in [0, 0.1) is 0 Å². The first-order chi connectivity index (χ1) is 14.1. The number of hydrogen-bond donors (Lipinski definition) is 4. The molecule has 0 saturated carbocycles. The lowest BCUT2D eigenvalue weighted by atomic mass is 10.1. The van der Waals surface area contributed by atoms with Gasteiger partial charge in [-0.1, -0.05) is 30.3 Å². The smallest absolute Gasteiger partial charge is 0.254 e. The Morgan fingerprint density at radius 1 is 1.03 bits per heavy atom. The van der Waals surface area contributed by atoms with Crippen LogP contribution >= 0.6 is 0 Å². The molecule has 3 amide bonds. The van der Waals surface area contributed by atoms with E-state index in [2.05, 4.69) is 20.9 Å². The van der Waals surface area contributed by atoms with E-state index in [1.54, 1.807) is 24.3 Å². The molecule has 0 aliphatic carbocycles. The molecule has 1 aromatic heterocycles. The van der Waals surface area contributed by atoms with Crippen LogP contribution < -0.4 is 16.0 Å². The fourth-order valence-electron chi connectivity index (χ4n) is 3.55. The highest BCUT2D eigenvalue weighted by atomic mass is 16.2. The standard InChI is InChI=1S/C22H22N4O3/c27-20(23-12-11-14-13-24-17-7-3-1-5-15(14)17)10-9-19-22(29)25-18-8-4-2-6-16(18)21(28)26-19/h1-8,13,19,24H,9-12H2,(H,23,27)(H,25,29)(H,26,28)/t19-/m0/s1. The minimum atomic E-state index is -0.741. The van der Waals surface area contributed by atoms with Gasteiger partial charge >= 0.3 is 0 Å². The molecule has 2 aromatic carbocycles. The number of H-pyrrole nitrogens is 1. The van der Waals surface area contributed by atoms with Crippen molar-refractivity contribution in [2.24, 2.45) is 0 Å². The summed E-state index contributed by atoms with van der Waals surface area (Å²) in [4.78, 5) is 40.1. The second-order valence-electron chi connectivity index (χ2n) is 7.06. The minimum Gasteiger partial charge on any atom is -0.361 e. The summed E-state index contributed by atoms with van der Waals surface area (Å²) in [6.07, 6.45) is 3.07. The number of rotatable bonds is 6. The molecular formula is C22H22N4O3. The average molecular weight is 390 g/mol. The number of aromatic amines is 1. The van der Waals surface area contributed by atoms with Gasteiger partial charge in [0.05, 0.1) is 11.3 Å². The highest BCUT2D eigenvalue weighted by Gasteiger charge is 2.27. The molecule has 0 fully saturated rings. The number of benzene rings is 2. The van der Waals surface area contributed by atoms with E-state index in [0.29, 0.717) is 24.2 Å². The fraction of sp³-hybridized carbons (Fsp3) is 0.227. The molecule has 2 heterocycles. The van der Waals surface area contributed by atoms with Crippen LogP contribution in [0.4, 0.5) is 5.69 Å². The van der Waals surface area contributed by atoms with Crippen molar-refractivity contribution in [3.8, 4) is 0 Å². The lowest BCUT2D eigenvalue weighted by Gasteiger charge is -2.14. The van der Waals surface area contributed by atoms with Crippen molar-refractivity contribution < 1.29 is 14.4 Å². The van der Waals surface area contributed by atoms with Gasteiger partial charge in [-0.25, -0.2) is 0 Å². The molecule has 0 spiro atoms. The lowest BCUT2D eigenvalue weighted by molar-refractivity contribution is -0.121. The highest BCUT2D eigenvalue weighted by molar-refractivity contribution is 6.09. The fourth-order valence-corrected chi connectivity index (χ4v) is 3.55. The summed E-state index contributed by atoms with van der Waals surface area (Å²) in [6.45, 7) is 0.509. The number of carbonyl (C=O) groups is 3. The number of hydrogen-bond acceptors (Lipinski definition) is 3. The highest BCUT2D eigenvalue weighted by Crippen LogP contribution is 2.19. The Kier molecular flexibility index (Phi) is 5.29. The van der Waals surface area contributed by atoms with Gasteiger partial charge in [-0.2, -0.15) is 0 Å². The van der Waals surface area contributed by atoms with Gasteiger partial charge in [0.2, 0.25) is 11.8 Å². The van der Waals surface area contributed by atoms with Crippen LogP contribution in [0.25, 0.3) is 10.9 Å². The molecule has 1 aliphatic heterocycles. The Hall–Kier alpha value is -3.61. The lowest BCUT2D eigenvalue weighted by Crippen LogP contribution is -2.42. The summed E-state index contributed by atoms with van der Waals surface area (Å²) in [5, 5.41) is 9.49. The predicted molar refractivity (Wildman–Crippen MR) is 111 cm³/mol. The average Bonchev–Trinajstić information content (AvgIpc) is 3.09. The van der Waals surface area contributed by atoms with Crippen molar-refractivity contribution in [2.75, 3.05) is 11.9 Å². The first kappa shape index (κ1) is 18.7. The first-order valence-corrected chi connectivity index (χ1v) is 9.64. The van der Waals surface area contributed by atoms with Crippen LogP contribution in [0.3, 0.4) is 0 Å². The molecule has 148 valence electrons. The van der Waals surface area contributed by atoms with E-state index in [1.807, 2.05) is 30.5 Å². The number of carbonyl (C=O) groups excluding carboxylic acids is 3. The van der Waals surface area contributed by atoms with Crippen LogP contribution in [-0.4, -0.2) is 35.3 Å². The number of aromatic nitrogens is 1. The molecule has 7 nitrogen and oxygen atoms in total. The van der Waals surface area contributed by atoms with Crippen LogP contribution in [0.2, 0.25) is 0 Å². The van der Waals surface area contributed by atoms with Gasteiger partial charge in [0.1, 0.15) is 6.04 Å². The Morgan fingerprint density at radius 3 is 2.72 bits per heavy atom.